The van der Waals surface area contributed by atoms with E-state index in [4.69, 9.17) is 4.52 Å². The lowest BCUT2D eigenvalue weighted by atomic mass is 10.0. The number of hydrogen-bond donors (Lipinski definition) is 2. The number of nitrogens with zero attached hydrogens (tertiary/aromatic N) is 3. The number of carbonyl (C=O) groups is 2. The molecule has 2 aromatic heterocycles. The van der Waals surface area contributed by atoms with Crippen molar-refractivity contribution in [3.63, 3.8) is 0 Å². The highest BCUT2D eigenvalue weighted by Gasteiger charge is 2.29. The molecule has 3 aromatic carbocycles. The van der Waals surface area contributed by atoms with E-state index < -0.39 is 11.9 Å². The molecular weight excluding hydrogens is 432 g/mol. The number of hydrogen-bond acceptors (Lipinski definition) is 5. The van der Waals surface area contributed by atoms with Crippen LogP contribution in [0.15, 0.2) is 77.3 Å². The number of rotatable bonds is 5. The van der Waals surface area contributed by atoms with Gasteiger partial charge in [0.1, 0.15) is 5.69 Å². The summed E-state index contributed by atoms with van der Waals surface area (Å²) in [6.07, 6.45) is 0. The first-order chi connectivity index (χ1) is 16.5. The average molecular weight is 452 g/mol. The predicted molar refractivity (Wildman–Crippen MR) is 127 cm³/mol. The van der Waals surface area contributed by atoms with E-state index in [0.717, 1.165) is 16.5 Å². The van der Waals surface area contributed by atoms with Gasteiger partial charge in [-0.1, -0.05) is 59.8 Å². The fraction of sp³-hybridized carbons (Fsp3) is 0.0769. The van der Waals surface area contributed by atoms with E-state index in [1.54, 1.807) is 23.7 Å². The molecule has 0 atom stereocenters. The topological polar surface area (TPSA) is 110 Å². The van der Waals surface area contributed by atoms with E-state index in [1.165, 1.54) is 0 Å². The Morgan fingerprint density at radius 1 is 0.941 bits per heavy atom. The number of amides is 1. The highest BCUT2D eigenvalue weighted by Crippen LogP contribution is 2.34. The van der Waals surface area contributed by atoms with Gasteiger partial charge in [-0.25, -0.2) is 9.48 Å². The molecule has 0 saturated heterocycles. The first-order valence-electron chi connectivity index (χ1n) is 10.6. The molecule has 168 valence electrons. The van der Waals surface area contributed by atoms with Crippen molar-refractivity contribution in [2.45, 2.75) is 13.8 Å². The number of aryl methyl sites for hydroxylation is 1. The van der Waals surface area contributed by atoms with Crippen LogP contribution in [0.3, 0.4) is 0 Å². The summed E-state index contributed by atoms with van der Waals surface area (Å²) in [6, 6.07) is 22.3. The van der Waals surface area contributed by atoms with Crippen molar-refractivity contribution in [2.75, 3.05) is 5.32 Å². The number of nitrogens with one attached hydrogen (secondary N) is 1. The standard InChI is InChI=1S/C26H20N4O4/c1-15-21(16(2)30(28-15)18-11-4-3-5-12-18)23-22(26(32)33)25(34-29-23)27-24(31)20-14-8-10-17-9-6-7-13-19(17)20/h3-14H,1-2H3,(H,27,31)(H,32,33). The Labute approximate surface area is 194 Å². The summed E-state index contributed by atoms with van der Waals surface area (Å²) < 4.78 is 7.06. The Bertz CT molecular complexity index is 1540. The van der Waals surface area contributed by atoms with Crippen LogP contribution < -0.4 is 5.32 Å². The zero-order valence-electron chi connectivity index (χ0n) is 18.4. The Balaban J connectivity index is 1.56. The van der Waals surface area contributed by atoms with Gasteiger partial charge in [-0.2, -0.15) is 5.10 Å². The van der Waals surface area contributed by atoms with Crippen molar-refractivity contribution < 1.29 is 19.2 Å². The van der Waals surface area contributed by atoms with Gasteiger partial charge in [-0.3, -0.25) is 10.1 Å². The minimum atomic E-state index is -1.27. The first kappa shape index (κ1) is 21.1. The van der Waals surface area contributed by atoms with E-state index in [-0.39, 0.29) is 17.1 Å². The van der Waals surface area contributed by atoms with Crippen molar-refractivity contribution >= 4 is 28.5 Å². The zero-order chi connectivity index (χ0) is 23.8. The lowest BCUT2D eigenvalue weighted by molar-refractivity contribution is 0.0698. The third kappa shape index (κ3) is 3.51. The van der Waals surface area contributed by atoms with Crippen molar-refractivity contribution in [2.24, 2.45) is 0 Å². The molecule has 8 heteroatoms. The van der Waals surface area contributed by atoms with Crippen molar-refractivity contribution in [1.82, 2.24) is 14.9 Å². The SMILES string of the molecule is Cc1nn(-c2ccccc2)c(C)c1-c1noc(NC(=O)c2cccc3ccccc23)c1C(=O)O. The monoisotopic (exact) mass is 452 g/mol. The zero-order valence-corrected chi connectivity index (χ0v) is 18.4. The van der Waals surface area contributed by atoms with E-state index >= 15 is 0 Å². The molecule has 0 bridgehead atoms. The molecule has 0 radical (unpaired) electrons. The molecule has 34 heavy (non-hydrogen) atoms. The maximum Gasteiger partial charge on any atom is 0.343 e. The number of fused-ring (bicyclic) bond motifs is 1. The second kappa shape index (κ2) is 8.32. The number of para-hydroxylation sites is 1. The number of carboxylic acid groups (broad SMARTS) is 1. The van der Waals surface area contributed by atoms with E-state index in [9.17, 15) is 14.7 Å². The van der Waals surface area contributed by atoms with E-state index in [2.05, 4.69) is 15.6 Å². The molecule has 0 fully saturated rings. The summed E-state index contributed by atoms with van der Waals surface area (Å²) in [5, 5.41) is 22.8. The van der Waals surface area contributed by atoms with Crippen LogP contribution in [0.1, 0.15) is 32.1 Å². The molecule has 0 aliphatic heterocycles. The van der Waals surface area contributed by atoms with Gasteiger partial charge in [0.15, 0.2) is 5.56 Å². The third-order valence-corrected chi connectivity index (χ3v) is 5.70. The van der Waals surface area contributed by atoms with Gasteiger partial charge >= 0.3 is 5.97 Å². The number of carbonyl (C=O) groups excluding carboxylic acids is 1. The number of aromatic nitrogens is 3. The second-order valence-electron chi connectivity index (χ2n) is 7.81. The summed E-state index contributed by atoms with van der Waals surface area (Å²) in [5.41, 5.74) is 2.94. The van der Waals surface area contributed by atoms with Gasteiger partial charge in [-0.05, 0) is 42.8 Å². The summed E-state index contributed by atoms with van der Waals surface area (Å²) in [4.78, 5) is 25.3. The van der Waals surface area contributed by atoms with Crippen LogP contribution in [0.5, 0.6) is 0 Å². The lowest BCUT2D eigenvalue weighted by Crippen LogP contribution is -2.14. The van der Waals surface area contributed by atoms with Crippen LogP contribution in [-0.4, -0.2) is 31.9 Å². The molecule has 2 heterocycles. The van der Waals surface area contributed by atoms with Crippen LogP contribution in [-0.2, 0) is 0 Å². The van der Waals surface area contributed by atoms with Crippen LogP contribution in [0.25, 0.3) is 27.7 Å². The molecule has 0 aliphatic rings. The van der Waals surface area contributed by atoms with Crippen molar-refractivity contribution in [1.29, 1.82) is 0 Å². The van der Waals surface area contributed by atoms with Gasteiger partial charge in [0, 0.05) is 11.1 Å². The highest BCUT2D eigenvalue weighted by atomic mass is 16.5. The molecular formula is C26H20N4O4. The molecule has 8 nitrogen and oxygen atoms in total. The number of aromatic carboxylic acids is 1. The van der Waals surface area contributed by atoms with Crippen molar-refractivity contribution in [3.8, 4) is 16.9 Å². The third-order valence-electron chi connectivity index (χ3n) is 5.70. The number of anilines is 1. The average Bonchev–Trinajstić information content (AvgIpc) is 3.38. The van der Waals surface area contributed by atoms with Crippen LogP contribution in [0.4, 0.5) is 5.88 Å². The Morgan fingerprint density at radius 3 is 2.41 bits per heavy atom. The molecule has 0 unspecified atom stereocenters. The Morgan fingerprint density at radius 2 is 1.65 bits per heavy atom. The fourth-order valence-electron chi connectivity index (χ4n) is 4.14. The smallest absolute Gasteiger partial charge is 0.343 e. The first-order valence-corrected chi connectivity index (χ1v) is 10.6. The largest absolute Gasteiger partial charge is 0.477 e. The number of carboxylic acids is 1. The van der Waals surface area contributed by atoms with E-state index in [1.807, 2.05) is 67.6 Å². The molecule has 5 rings (SSSR count). The van der Waals surface area contributed by atoms with Gasteiger partial charge in [-0.15, -0.1) is 0 Å². The number of benzene rings is 3. The Hall–Kier alpha value is -4.72. The minimum Gasteiger partial charge on any atom is -0.477 e. The van der Waals surface area contributed by atoms with Crippen LogP contribution >= 0.6 is 0 Å². The molecule has 2 N–H and O–H groups in total. The van der Waals surface area contributed by atoms with Crippen LogP contribution in [0, 0.1) is 13.8 Å². The minimum absolute atomic E-state index is 0.109. The highest BCUT2D eigenvalue weighted by molar-refractivity contribution is 6.14. The normalized spacial score (nSPS) is 11.0. The van der Waals surface area contributed by atoms with Crippen LogP contribution in [0.2, 0.25) is 0 Å². The summed E-state index contributed by atoms with van der Waals surface area (Å²) in [7, 11) is 0. The predicted octanol–water partition coefficient (Wildman–Crippen LogP) is 5.25. The molecule has 0 saturated carbocycles. The molecule has 0 spiro atoms. The quantitative estimate of drug-likeness (QED) is 0.377. The van der Waals surface area contributed by atoms with Gasteiger partial charge < -0.3 is 9.63 Å². The lowest BCUT2D eigenvalue weighted by Gasteiger charge is -2.07. The molecule has 0 aliphatic carbocycles. The second-order valence-corrected chi connectivity index (χ2v) is 7.81. The van der Waals surface area contributed by atoms with Crippen molar-refractivity contribution in [3.05, 3.63) is 95.3 Å². The Kier molecular flexibility index (Phi) is 5.18. The molecule has 1 amide bonds. The summed E-state index contributed by atoms with van der Waals surface area (Å²) >= 11 is 0. The van der Waals surface area contributed by atoms with E-state index in [0.29, 0.717) is 22.5 Å². The summed E-state index contributed by atoms with van der Waals surface area (Å²) in [6.45, 7) is 3.60. The fourth-order valence-corrected chi connectivity index (χ4v) is 4.14. The van der Waals surface area contributed by atoms with Gasteiger partial charge in [0.25, 0.3) is 5.91 Å². The maximum atomic E-state index is 13.1. The maximum absolute atomic E-state index is 13.1. The van der Waals surface area contributed by atoms with Gasteiger partial charge in [0.2, 0.25) is 5.88 Å². The van der Waals surface area contributed by atoms with Gasteiger partial charge in [0.05, 0.1) is 17.1 Å². The molecule has 5 aromatic rings. The summed E-state index contributed by atoms with van der Waals surface area (Å²) in [5.74, 6) is -1.99.